The minimum absolute atomic E-state index is 0. The van der Waals surface area contributed by atoms with Gasteiger partial charge in [0, 0.05) is 40.2 Å². The summed E-state index contributed by atoms with van der Waals surface area (Å²) in [5.41, 5.74) is 2.68. The first kappa shape index (κ1) is 16.9. The van der Waals surface area contributed by atoms with E-state index < -0.39 is 0 Å². The van der Waals surface area contributed by atoms with E-state index in [0.717, 1.165) is 23.0 Å². The normalized spacial score (nSPS) is 23.2. The smallest absolute Gasteiger partial charge is 0.0457 e. The van der Waals surface area contributed by atoms with Crippen LogP contribution < -0.4 is 0 Å². The van der Waals surface area contributed by atoms with E-state index in [-0.39, 0.29) is 12.4 Å². The molecule has 0 radical (unpaired) electrons. The van der Waals surface area contributed by atoms with Crippen LogP contribution in [-0.2, 0) is 6.42 Å². The molecule has 2 aromatic rings. The van der Waals surface area contributed by atoms with Crippen molar-refractivity contribution < 1.29 is 0 Å². The molecule has 0 aliphatic carbocycles. The quantitative estimate of drug-likeness (QED) is 0.789. The monoisotopic (exact) mass is 370 g/mol. The molecule has 1 fully saturated rings. The summed E-state index contributed by atoms with van der Waals surface area (Å²) in [4.78, 5) is 6.07. The Morgan fingerprint density at radius 2 is 1.95 bits per heavy atom. The van der Waals surface area contributed by atoms with Crippen molar-refractivity contribution >= 4 is 39.2 Å². The van der Waals surface area contributed by atoms with E-state index in [4.69, 9.17) is 0 Å². The van der Waals surface area contributed by atoms with Gasteiger partial charge in [0.05, 0.1) is 0 Å². The molecule has 4 heteroatoms. The molecule has 0 saturated carbocycles. The molecule has 1 aromatic heterocycles. The average Bonchev–Trinajstić information content (AvgIpc) is 2.81. The van der Waals surface area contributed by atoms with Gasteiger partial charge in [-0.15, -0.1) is 12.4 Å². The molecule has 1 aliphatic heterocycles. The lowest BCUT2D eigenvalue weighted by molar-refractivity contribution is 0.105. The Hall–Kier alpha value is -0.510. The van der Waals surface area contributed by atoms with Gasteiger partial charge < -0.3 is 4.98 Å². The van der Waals surface area contributed by atoms with E-state index in [1.54, 1.807) is 0 Å². The number of fused-ring (bicyclic) bond motifs is 1. The molecule has 21 heavy (non-hydrogen) atoms. The van der Waals surface area contributed by atoms with E-state index in [2.05, 4.69) is 64.1 Å². The zero-order valence-electron chi connectivity index (χ0n) is 12.7. The molecule has 1 aliphatic rings. The van der Waals surface area contributed by atoms with Gasteiger partial charge in [-0.05, 0) is 56.9 Å². The molecule has 2 unspecified atom stereocenters. The van der Waals surface area contributed by atoms with Crippen molar-refractivity contribution in [3.8, 4) is 0 Å². The minimum Gasteiger partial charge on any atom is -0.361 e. The van der Waals surface area contributed by atoms with E-state index in [9.17, 15) is 0 Å². The zero-order chi connectivity index (χ0) is 14.1. The predicted octanol–water partition coefficient (Wildman–Crippen LogP) is 5.16. The SMILES string of the molecule is CC1CCCC(C)N1CCc1c[nH]c2ccc(Br)cc12.Cl. The fourth-order valence-corrected chi connectivity index (χ4v) is 3.88. The van der Waals surface area contributed by atoms with Crippen molar-refractivity contribution in [2.45, 2.75) is 51.6 Å². The topological polar surface area (TPSA) is 19.0 Å². The van der Waals surface area contributed by atoms with Gasteiger partial charge in [-0.25, -0.2) is 0 Å². The van der Waals surface area contributed by atoms with Crippen LogP contribution in [0.3, 0.4) is 0 Å². The van der Waals surface area contributed by atoms with Crippen LogP contribution in [0.2, 0.25) is 0 Å². The van der Waals surface area contributed by atoms with Crippen molar-refractivity contribution in [3.63, 3.8) is 0 Å². The first-order valence-electron chi connectivity index (χ1n) is 7.66. The highest BCUT2D eigenvalue weighted by atomic mass is 79.9. The number of nitrogens with one attached hydrogen (secondary N) is 1. The van der Waals surface area contributed by atoms with Gasteiger partial charge in [0.25, 0.3) is 0 Å². The van der Waals surface area contributed by atoms with Crippen LogP contribution in [0.1, 0.15) is 38.7 Å². The lowest BCUT2D eigenvalue weighted by atomic mass is 9.97. The molecule has 3 rings (SSSR count). The number of aromatic nitrogens is 1. The molecule has 2 atom stereocenters. The first-order valence-corrected chi connectivity index (χ1v) is 8.45. The Morgan fingerprint density at radius 3 is 2.67 bits per heavy atom. The molecule has 116 valence electrons. The number of hydrogen-bond donors (Lipinski definition) is 1. The van der Waals surface area contributed by atoms with Crippen LogP contribution in [-0.4, -0.2) is 28.5 Å². The molecule has 2 nitrogen and oxygen atoms in total. The number of likely N-dealkylation sites (tertiary alicyclic amines) is 1. The number of halogens is 2. The molecular weight excluding hydrogens is 348 g/mol. The van der Waals surface area contributed by atoms with E-state index in [1.165, 1.54) is 42.3 Å². The lowest BCUT2D eigenvalue weighted by Gasteiger charge is -2.39. The maximum Gasteiger partial charge on any atom is 0.0457 e. The standard InChI is InChI=1S/C17H23BrN2.ClH/c1-12-4-3-5-13(2)20(12)9-8-14-11-19-17-7-6-15(18)10-16(14)17;/h6-7,10-13,19H,3-5,8-9H2,1-2H3;1H. The van der Waals surface area contributed by atoms with Crippen molar-refractivity contribution in [1.29, 1.82) is 0 Å². The predicted molar refractivity (Wildman–Crippen MR) is 96.4 cm³/mol. The molecule has 1 saturated heterocycles. The van der Waals surface area contributed by atoms with Crippen LogP contribution in [0.5, 0.6) is 0 Å². The van der Waals surface area contributed by atoms with Crippen molar-refractivity contribution in [2.75, 3.05) is 6.54 Å². The summed E-state index contributed by atoms with van der Waals surface area (Å²) in [6.07, 6.45) is 7.40. The second-order valence-corrected chi connectivity index (χ2v) is 7.04. The summed E-state index contributed by atoms with van der Waals surface area (Å²) in [5, 5.41) is 1.36. The molecule has 1 N–H and O–H groups in total. The Labute approximate surface area is 141 Å². The molecule has 1 aromatic carbocycles. The van der Waals surface area contributed by atoms with Gasteiger partial charge in [0.1, 0.15) is 0 Å². The van der Waals surface area contributed by atoms with Gasteiger partial charge in [-0.1, -0.05) is 22.4 Å². The molecule has 0 spiro atoms. The fraction of sp³-hybridized carbons (Fsp3) is 0.529. The van der Waals surface area contributed by atoms with Crippen LogP contribution in [0.15, 0.2) is 28.9 Å². The van der Waals surface area contributed by atoms with Gasteiger partial charge in [0.2, 0.25) is 0 Å². The molecule has 2 heterocycles. The van der Waals surface area contributed by atoms with E-state index in [0.29, 0.717) is 0 Å². The van der Waals surface area contributed by atoms with Crippen LogP contribution in [0.4, 0.5) is 0 Å². The largest absolute Gasteiger partial charge is 0.361 e. The molecular formula is C17H24BrClN2. The Kier molecular flexibility index (Phi) is 5.75. The highest BCUT2D eigenvalue weighted by Gasteiger charge is 2.24. The number of aromatic amines is 1. The maximum atomic E-state index is 3.57. The number of hydrogen-bond acceptors (Lipinski definition) is 1. The number of piperidine rings is 1. The van der Waals surface area contributed by atoms with Crippen LogP contribution >= 0.6 is 28.3 Å². The third-order valence-corrected chi connectivity index (χ3v) is 5.24. The van der Waals surface area contributed by atoms with E-state index >= 15 is 0 Å². The number of nitrogens with zero attached hydrogens (tertiary/aromatic N) is 1. The Balaban J connectivity index is 0.00000161. The number of benzene rings is 1. The average molecular weight is 372 g/mol. The number of rotatable bonds is 3. The van der Waals surface area contributed by atoms with Crippen molar-refractivity contribution in [1.82, 2.24) is 9.88 Å². The second kappa shape index (κ2) is 7.17. The third-order valence-electron chi connectivity index (χ3n) is 4.74. The minimum atomic E-state index is 0. The van der Waals surface area contributed by atoms with E-state index in [1.807, 2.05) is 0 Å². The Morgan fingerprint density at radius 1 is 1.24 bits per heavy atom. The van der Waals surface area contributed by atoms with Crippen LogP contribution in [0, 0.1) is 0 Å². The Bertz CT molecular complexity index is 585. The highest BCUT2D eigenvalue weighted by molar-refractivity contribution is 9.10. The highest BCUT2D eigenvalue weighted by Crippen LogP contribution is 2.26. The summed E-state index contributed by atoms with van der Waals surface area (Å²) in [6.45, 7) is 5.92. The lowest BCUT2D eigenvalue weighted by Crippen LogP contribution is -2.44. The summed E-state index contributed by atoms with van der Waals surface area (Å²) < 4.78 is 1.16. The third kappa shape index (κ3) is 3.64. The summed E-state index contributed by atoms with van der Waals surface area (Å²) in [5.74, 6) is 0. The van der Waals surface area contributed by atoms with Crippen molar-refractivity contribution in [2.24, 2.45) is 0 Å². The van der Waals surface area contributed by atoms with Gasteiger partial charge >= 0.3 is 0 Å². The van der Waals surface area contributed by atoms with Gasteiger partial charge in [-0.3, -0.25) is 4.90 Å². The van der Waals surface area contributed by atoms with Gasteiger partial charge in [0.15, 0.2) is 0 Å². The fourth-order valence-electron chi connectivity index (χ4n) is 3.52. The van der Waals surface area contributed by atoms with Crippen molar-refractivity contribution in [3.05, 3.63) is 34.4 Å². The molecule has 0 bridgehead atoms. The van der Waals surface area contributed by atoms with Crippen LogP contribution in [0.25, 0.3) is 10.9 Å². The second-order valence-electron chi connectivity index (χ2n) is 6.12. The van der Waals surface area contributed by atoms with Gasteiger partial charge in [-0.2, -0.15) is 0 Å². The summed E-state index contributed by atoms with van der Waals surface area (Å²) >= 11 is 3.57. The first-order chi connectivity index (χ1) is 9.65. The summed E-state index contributed by atoms with van der Waals surface area (Å²) in [6, 6.07) is 7.93. The molecule has 0 amide bonds. The number of H-pyrrole nitrogens is 1. The summed E-state index contributed by atoms with van der Waals surface area (Å²) in [7, 11) is 0. The zero-order valence-corrected chi connectivity index (χ0v) is 15.1. The maximum absolute atomic E-state index is 3.57.